The fourth-order valence-electron chi connectivity index (χ4n) is 2.27. The number of aromatic nitrogens is 1. The summed E-state index contributed by atoms with van der Waals surface area (Å²) in [7, 11) is 1.40. The fourth-order valence-corrected chi connectivity index (χ4v) is 3.30. The second-order valence-electron chi connectivity index (χ2n) is 4.82. The molecule has 1 heterocycles. The van der Waals surface area contributed by atoms with Crippen LogP contribution in [0.2, 0.25) is 0 Å². The van der Waals surface area contributed by atoms with Gasteiger partial charge in [-0.2, -0.15) is 0 Å². The predicted octanol–water partition coefficient (Wildman–Crippen LogP) is 2.98. The highest BCUT2D eigenvalue weighted by Gasteiger charge is 2.29. The highest BCUT2D eigenvalue weighted by atomic mass is 32.1. The number of hydrogen-bond donors (Lipinski definition) is 1. The van der Waals surface area contributed by atoms with Crippen molar-refractivity contribution >= 4 is 22.4 Å². The summed E-state index contributed by atoms with van der Waals surface area (Å²) in [5, 5.41) is 4.28. The normalized spacial score (nSPS) is 18.1. The molecule has 0 saturated heterocycles. The van der Waals surface area contributed by atoms with Gasteiger partial charge in [0.1, 0.15) is 4.88 Å². The summed E-state index contributed by atoms with van der Waals surface area (Å²) in [6.45, 7) is 4.06. The van der Waals surface area contributed by atoms with Crippen molar-refractivity contribution in [3.63, 3.8) is 0 Å². The van der Waals surface area contributed by atoms with Gasteiger partial charge in [-0.3, -0.25) is 0 Å². The van der Waals surface area contributed by atoms with Crippen molar-refractivity contribution in [2.75, 3.05) is 12.4 Å². The van der Waals surface area contributed by atoms with E-state index in [-0.39, 0.29) is 11.5 Å². The fraction of sp³-hybridized carbons (Fsp3) is 0.667. The molecule has 0 amide bonds. The Labute approximate surface area is 105 Å². The summed E-state index contributed by atoms with van der Waals surface area (Å²) in [5.74, 6) is -0.301. The predicted molar refractivity (Wildman–Crippen MR) is 68.7 cm³/mol. The van der Waals surface area contributed by atoms with Crippen LogP contribution in [0.4, 0.5) is 5.13 Å². The maximum absolute atomic E-state index is 11.5. The molecule has 5 heteroatoms. The highest BCUT2D eigenvalue weighted by Crippen LogP contribution is 2.34. The number of rotatable bonds is 3. The van der Waals surface area contributed by atoms with Crippen LogP contribution in [0.15, 0.2) is 0 Å². The van der Waals surface area contributed by atoms with Crippen LogP contribution in [0.25, 0.3) is 0 Å². The van der Waals surface area contributed by atoms with Crippen LogP contribution < -0.4 is 5.32 Å². The number of hydrogen-bond acceptors (Lipinski definition) is 5. The third-order valence-corrected chi connectivity index (χ3v) is 4.34. The van der Waals surface area contributed by atoms with Gasteiger partial charge in [-0.1, -0.05) is 24.2 Å². The number of thiazole rings is 1. The van der Waals surface area contributed by atoms with Gasteiger partial charge in [0.05, 0.1) is 12.8 Å². The van der Waals surface area contributed by atoms with Crippen LogP contribution in [0, 0.1) is 6.92 Å². The summed E-state index contributed by atoms with van der Waals surface area (Å²) in [6.07, 6.45) is 4.85. The number of anilines is 1. The third-order valence-electron chi connectivity index (χ3n) is 3.28. The minimum atomic E-state index is -0.301. The Kier molecular flexibility index (Phi) is 3.38. The van der Waals surface area contributed by atoms with E-state index in [9.17, 15) is 4.79 Å². The number of esters is 1. The van der Waals surface area contributed by atoms with E-state index in [0.29, 0.717) is 4.88 Å². The van der Waals surface area contributed by atoms with E-state index >= 15 is 0 Å². The molecular weight excluding hydrogens is 236 g/mol. The summed E-state index contributed by atoms with van der Waals surface area (Å²) in [4.78, 5) is 16.5. The van der Waals surface area contributed by atoms with E-state index in [1.54, 1.807) is 0 Å². The molecule has 4 nitrogen and oxygen atoms in total. The summed E-state index contributed by atoms with van der Waals surface area (Å²) < 4.78 is 4.73. The topological polar surface area (TPSA) is 51.2 Å². The molecule has 2 rings (SSSR count). The number of methoxy groups -OCH3 is 1. The Morgan fingerprint density at radius 2 is 2.12 bits per heavy atom. The Morgan fingerprint density at radius 3 is 2.71 bits per heavy atom. The summed E-state index contributed by atoms with van der Waals surface area (Å²) in [5.41, 5.74) is 0.878. The zero-order valence-electron chi connectivity index (χ0n) is 10.5. The van der Waals surface area contributed by atoms with Crippen molar-refractivity contribution in [3.05, 3.63) is 10.6 Å². The van der Waals surface area contributed by atoms with Crippen LogP contribution in [0.3, 0.4) is 0 Å². The van der Waals surface area contributed by atoms with Gasteiger partial charge >= 0.3 is 5.97 Å². The van der Waals surface area contributed by atoms with E-state index in [1.807, 2.05) is 6.92 Å². The molecule has 0 aromatic carbocycles. The first-order chi connectivity index (χ1) is 8.04. The minimum absolute atomic E-state index is 0.137. The van der Waals surface area contributed by atoms with E-state index in [1.165, 1.54) is 44.1 Å². The Hall–Kier alpha value is -1.10. The molecule has 1 N–H and O–H groups in total. The smallest absolute Gasteiger partial charge is 0.350 e. The van der Waals surface area contributed by atoms with Crippen LogP contribution in [-0.2, 0) is 4.74 Å². The minimum Gasteiger partial charge on any atom is -0.465 e. The Morgan fingerprint density at radius 1 is 1.47 bits per heavy atom. The summed E-state index contributed by atoms with van der Waals surface area (Å²) >= 11 is 1.38. The Bertz CT molecular complexity index is 422. The zero-order chi connectivity index (χ0) is 12.5. The standard InChI is InChI=1S/C12H18N2O2S/c1-8-9(10(15)16-3)17-11(13-8)14-12(2)6-4-5-7-12/h4-7H2,1-3H3,(H,13,14). The monoisotopic (exact) mass is 254 g/mol. The molecule has 1 saturated carbocycles. The van der Waals surface area contributed by atoms with Crippen molar-refractivity contribution in [1.29, 1.82) is 0 Å². The molecule has 1 aliphatic rings. The Balaban J connectivity index is 2.14. The lowest BCUT2D eigenvalue weighted by Crippen LogP contribution is -2.30. The maximum atomic E-state index is 11.5. The van der Waals surface area contributed by atoms with Gasteiger partial charge in [-0.05, 0) is 26.7 Å². The van der Waals surface area contributed by atoms with Crippen molar-refractivity contribution < 1.29 is 9.53 Å². The number of aryl methyl sites for hydroxylation is 1. The molecular formula is C12H18N2O2S. The van der Waals surface area contributed by atoms with Crippen LogP contribution >= 0.6 is 11.3 Å². The largest absolute Gasteiger partial charge is 0.465 e. The SMILES string of the molecule is COC(=O)c1sc(NC2(C)CCCC2)nc1C. The molecule has 94 valence electrons. The quantitative estimate of drug-likeness (QED) is 0.842. The second-order valence-corrected chi connectivity index (χ2v) is 5.82. The van der Waals surface area contributed by atoms with Crippen molar-refractivity contribution in [1.82, 2.24) is 4.98 Å². The first-order valence-electron chi connectivity index (χ1n) is 5.88. The number of nitrogens with zero attached hydrogens (tertiary/aromatic N) is 1. The molecule has 0 radical (unpaired) electrons. The van der Waals surface area contributed by atoms with Crippen LogP contribution in [0.1, 0.15) is 48.0 Å². The van der Waals surface area contributed by atoms with Gasteiger partial charge in [0, 0.05) is 5.54 Å². The number of carbonyl (C=O) groups excluding carboxylic acids is 1. The zero-order valence-corrected chi connectivity index (χ0v) is 11.3. The molecule has 17 heavy (non-hydrogen) atoms. The van der Waals surface area contributed by atoms with Gasteiger partial charge in [0.25, 0.3) is 0 Å². The van der Waals surface area contributed by atoms with Gasteiger partial charge in [0.2, 0.25) is 0 Å². The van der Waals surface area contributed by atoms with Crippen molar-refractivity contribution in [3.8, 4) is 0 Å². The number of nitrogens with one attached hydrogen (secondary N) is 1. The lowest BCUT2D eigenvalue weighted by molar-refractivity contribution is 0.0605. The molecule has 1 aliphatic carbocycles. The first kappa shape index (κ1) is 12.4. The second kappa shape index (κ2) is 4.64. The van der Waals surface area contributed by atoms with Gasteiger partial charge < -0.3 is 10.1 Å². The van der Waals surface area contributed by atoms with E-state index in [2.05, 4.69) is 17.2 Å². The molecule has 1 fully saturated rings. The number of carbonyl (C=O) groups is 1. The molecule has 0 spiro atoms. The van der Waals surface area contributed by atoms with Crippen molar-refractivity contribution in [2.45, 2.75) is 45.1 Å². The van der Waals surface area contributed by atoms with E-state index < -0.39 is 0 Å². The molecule has 1 aromatic rings. The molecule has 1 aromatic heterocycles. The molecule has 0 atom stereocenters. The molecule has 0 bridgehead atoms. The van der Waals surface area contributed by atoms with Crippen LogP contribution in [-0.4, -0.2) is 23.6 Å². The maximum Gasteiger partial charge on any atom is 0.350 e. The molecule has 0 aliphatic heterocycles. The van der Waals surface area contributed by atoms with E-state index in [4.69, 9.17) is 4.74 Å². The van der Waals surface area contributed by atoms with Gasteiger partial charge in [-0.15, -0.1) is 0 Å². The lowest BCUT2D eigenvalue weighted by atomic mass is 10.0. The van der Waals surface area contributed by atoms with Gasteiger partial charge in [0.15, 0.2) is 5.13 Å². The number of ether oxygens (including phenoxy) is 1. The third kappa shape index (κ3) is 2.60. The lowest BCUT2D eigenvalue weighted by Gasteiger charge is -2.24. The summed E-state index contributed by atoms with van der Waals surface area (Å²) in [6, 6.07) is 0. The van der Waals surface area contributed by atoms with E-state index in [0.717, 1.165) is 10.8 Å². The van der Waals surface area contributed by atoms with Gasteiger partial charge in [-0.25, -0.2) is 9.78 Å². The average molecular weight is 254 g/mol. The van der Waals surface area contributed by atoms with Crippen molar-refractivity contribution in [2.24, 2.45) is 0 Å². The van der Waals surface area contributed by atoms with Crippen LogP contribution in [0.5, 0.6) is 0 Å². The average Bonchev–Trinajstić information content (AvgIpc) is 2.85. The molecule has 0 unspecified atom stereocenters. The first-order valence-corrected chi connectivity index (χ1v) is 6.70. The highest BCUT2D eigenvalue weighted by molar-refractivity contribution is 7.17.